The van der Waals surface area contributed by atoms with Crippen LogP contribution < -0.4 is 0 Å². The summed E-state index contributed by atoms with van der Waals surface area (Å²) in [7, 11) is 1.69. The lowest BCUT2D eigenvalue weighted by Crippen LogP contribution is -2.04. The largest absolute Gasteiger partial charge is 0.478 e. The van der Waals surface area contributed by atoms with Gasteiger partial charge in [-0.1, -0.05) is 6.07 Å². The van der Waals surface area contributed by atoms with Gasteiger partial charge in [-0.25, -0.2) is 9.78 Å². The number of thiazole rings is 1. The minimum Gasteiger partial charge on any atom is -0.478 e. The number of nitrogens with zero attached hydrogens (tertiary/aromatic N) is 4. The van der Waals surface area contributed by atoms with E-state index in [4.69, 9.17) is 9.84 Å². The maximum atomic E-state index is 11.2. The zero-order valence-corrected chi connectivity index (χ0v) is 17.3. The third kappa shape index (κ3) is 3.95. The molecule has 4 aromatic rings. The van der Waals surface area contributed by atoms with Crippen LogP contribution in [0.3, 0.4) is 0 Å². The van der Waals surface area contributed by atoms with Crippen molar-refractivity contribution in [3.05, 3.63) is 41.3 Å². The third-order valence-electron chi connectivity index (χ3n) is 3.98. The number of rotatable bonds is 8. The van der Waals surface area contributed by atoms with Crippen LogP contribution in [0.25, 0.3) is 20.9 Å². The molecule has 10 heteroatoms. The lowest BCUT2D eigenvalue weighted by atomic mass is 10.2. The Morgan fingerprint density at radius 3 is 2.96 bits per heavy atom. The second-order valence-corrected chi connectivity index (χ2v) is 9.04. The molecule has 0 atom stereocenters. The van der Waals surface area contributed by atoms with Crippen LogP contribution in [0.2, 0.25) is 0 Å². The maximum Gasteiger partial charge on any atom is 0.335 e. The predicted molar refractivity (Wildman–Crippen MR) is 111 cm³/mol. The number of ether oxygens (including phenoxy) is 1. The van der Waals surface area contributed by atoms with Gasteiger partial charge in [-0.05, 0) is 47.8 Å². The summed E-state index contributed by atoms with van der Waals surface area (Å²) in [6.45, 7) is 1.40. The minimum atomic E-state index is -0.942. The molecule has 0 amide bonds. The summed E-state index contributed by atoms with van der Waals surface area (Å²) in [4.78, 5) is 16.8. The van der Waals surface area contributed by atoms with Crippen molar-refractivity contribution in [2.75, 3.05) is 13.7 Å². The number of fused-ring (bicyclic) bond motifs is 1. The molecule has 4 rings (SSSR count). The second kappa shape index (κ2) is 8.39. The Bertz CT molecular complexity index is 1100. The molecule has 7 nitrogen and oxygen atoms in total. The van der Waals surface area contributed by atoms with E-state index in [1.165, 1.54) is 23.1 Å². The van der Waals surface area contributed by atoms with Gasteiger partial charge < -0.3 is 14.4 Å². The van der Waals surface area contributed by atoms with E-state index >= 15 is 0 Å². The normalized spacial score (nSPS) is 11.3. The van der Waals surface area contributed by atoms with Crippen molar-refractivity contribution in [1.82, 2.24) is 19.7 Å². The van der Waals surface area contributed by atoms with Crippen LogP contribution in [0.15, 0.2) is 45.2 Å². The average Bonchev–Trinajstić information content (AvgIpc) is 3.41. The summed E-state index contributed by atoms with van der Waals surface area (Å²) < 4.78 is 8.91. The van der Waals surface area contributed by atoms with Crippen molar-refractivity contribution in [2.24, 2.45) is 0 Å². The molecule has 0 saturated heterocycles. The fourth-order valence-electron chi connectivity index (χ4n) is 2.68. The molecule has 0 fully saturated rings. The van der Waals surface area contributed by atoms with Gasteiger partial charge >= 0.3 is 5.97 Å². The molecule has 28 heavy (non-hydrogen) atoms. The van der Waals surface area contributed by atoms with Gasteiger partial charge in [0.1, 0.15) is 0 Å². The Morgan fingerprint density at radius 1 is 1.32 bits per heavy atom. The highest BCUT2D eigenvalue weighted by atomic mass is 32.2. The SMILES string of the molecule is COCCCn1c(Sc2nc3ccc(C(=O)O)cc3s2)nnc1-c1cccs1. The Hall–Kier alpha value is -2.27. The number of carbonyl (C=O) groups is 1. The monoisotopic (exact) mass is 432 g/mol. The van der Waals surface area contributed by atoms with Gasteiger partial charge in [0.05, 0.1) is 20.7 Å². The first-order valence-electron chi connectivity index (χ1n) is 8.43. The summed E-state index contributed by atoms with van der Waals surface area (Å²) in [5, 5.41) is 20.7. The van der Waals surface area contributed by atoms with E-state index in [9.17, 15) is 4.79 Å². The molecule has 0 bridgehead atoms. The summed E-state index contributed by atoms with van der Waals surface area (Å²) in [5.74, 6) is -0.106. The fraction of sp³-hybridized carbons (Fsp3) is 0.222. The number of carboxylic acid groups (broad SMARTS) is 1. The van der Waals surface area contributed by atoms with Crippen LogP contribution in [0.4, 0.5) is 0 Å². The quantitative estimate of drug-likeness (QED) is 0.410. The standard InChI is InChI=1S/C18H16N4O3S3/c1-25-8-3-7-22-15(13-4-2-9-26-13)20-21-17(22)28-18-19-12-6-5-11(16(23)24)10-14(12)27-18/h2,4-6,9-10H,3,7-8H2,1H3,(H,23,24). The Kier molecular flexibility index (Phi) is 5.72. The smallest absolute Gasteiger partial charge is 0.335 e. The van der Waals surface area contributed by atoms with Gasteiger partial charge in [0.2, 0.25) is 0 Å². The molecule has 0 spiro atoms. The second-order valence-electron chi connectivity index (χ2n) is 5.85. The number of methoxy groups -OCH3 is 1. The first-order valence-corrected chi connectivity index (χ1v) is 10.9. The Balaban J connectivity index is 1.65. The van der Waals surface area contributed by atoms with Gasteiger partial charge in [-0.15, -0.1) is 32.9 Å². The topological polar surface area (TPSA) is 90.1 Å². The van der Waals surface area contributed by atoms with Gasteiger partial charge in [0.15, 0.2) is 15.3 Å². The molecule has 1 aromatic carbocycles. The van der Waals surface area contributed by atoms with E-state index in [0.717, 1.165) is 43.4 Å². The van der Waals surface area contributed by atoms with Gasteiger partial charge in [0, 0.05) is 20.3 Å². The number of hydrogen-bond donors (Lipinski definition) is 1. The average molecular weight is 433 g/mol. The molecule has 0 aliphatic heterocycles. The van der Waals surface area contributed by atoms with Crippen molar-refractivity contribution < 1.29 is 14.6 Å². The molecule has 0 radical (unpaired) electrons. The van der Waals surface area contributed by atoms with Crippen molar-refractivity contribution in [3.8, 4) is 10.7 Å². The molecule has 0 aliphatic rings. The molecular weight excluding hydrogens is 416 g/mol. The summed E-state index contributed by atoms with van der Waals surface area (Å²) >= 11 is 4.52. The third-order valence-corrected chi connectivity index (χ3v) is 6.91. The minimum absolute atomic E-state index is 0.260. The molecule has 0 aliphatic carbocycles. The molecule has 3 heterocycles. The molecule has 3 aromatic heterocycles. The zero-order chi connectivity index (χ0) is 19.5. The maximum absolute atomic E-state index is 11.2. The lowest BCUT2D eigenvalue weighted by molar-refractivity contribution is 0.0697. The van der Waals surface area contributed by atoms with Gasteiger partial charge in [0.25, 0.3) is 0 Å². The van der Waals surface area contributed by atoms with Crippen molar-refractivity contribution >= 4 is 50.6 Å². The van der Waals surface area contributed by atoms with Crippen LogP contribution in [-0.4, -0.2) is 44.5 Å². The molecule has 0 unspecified atom stereocenters. The van der Waals surface area contributed by atoms with E-state index in [1.807, 2.05) is 17.5 Å². The number of thiophene rings is 1. The highest BCUT2D eigenvalue weighted by molar-refractivity contribution is 8.01. The van der Waals surface area contributed by atoms with Crippen LogP contribution in [0.1, 0.15) is 16.8 Å². The lowest BCUT2D eigenvalue weighted by Gasteiger charge is -2.08. The van der Waals surface area contributed by atoms with Gasteiger partial charge in [-0.2, -0.15) is 0 Å². The highest BCUT2D eigenvalue weighted by Gasteiger charge is 2.17. The predicted octanol–water partition coefficient (Wildman–Crippen LogP) is 4.50. The van der Waals surface area contributed by atoms with E-state index in [2.05, 4.69) is 19.7 Å². The fourth-order valence-corrected chi connectivity index (χ4v) is 5.46. The van der Waals surface area contributed by atoms with Crippen LogP contribution >= 0.6 is 34.4 Å². The molecule has 144 valence electrons. The highest BCUT2D eigenvalue weighted by Crippen LogP contribution is 2.36. The number of carboxylic acids is 1. The van der Waals surface area contributed by atoms with Crippen molar-refractivity contribution in [1.29, 1.82) is 0 Å². The number of benzene rings is 1. The van der Waals surface area contributed by atoms with Crippen molar-refractivity contribution in [3.63, 3.8) is 0 Å². The van der Waals surface area contributed by atoms with Crippen LogP contribution in [0.5, 0.6) is 0 Å². The first-order chi connectivity index (χ1) is 13.7. The van der Waals surface area contributed by atoms with E-state index in [0.29, 0.717) is 6.61 Å². The van der Waals surface area contributed by atoms with Crippen LogP contribution in [0, 0.1) is 0 Å². The number of hydrogen-bond acceptors (Lipinski definition) is 8. The van der Waals surface area contributed by atoms with E-state index in [-0.39, 0.29) is 5.56 Å². The van der Waals surface area contributed by atoms with E-state index < -0.39 is 5.97 Å². The summed E-state index contributed by atoms with van der Waals surface area (Å²) in [6.07, 6.45) is 0.849. The zero-order valence-electron chi connectivity index (χ0n) is 14.9. The van der Waals surface area contributed by atoms with Gasteiger partial charge in [-0.3, -0.25) is 0 Å². The first kappa shape index (κ1) is 19.1. The number of aromatic carboxylic acids is 1. The summed E-state index contributed by atoms with van der Waals surface area (Å²) in [5.41, 5.74) is 1.04. The number of aromatic nitrogens is 4. The van der Waals surface area contributed by atoms with Crippen molar-refractivity contribution in [2.45, 2.75) is 22.5 Å². The van der Waals surface area contributed by atoms with E-state index in [1.54, 1.807) is 36.6 Å². The molecule has 1 N–H and O–H groups in total. The summed E-state index contributed by atoms with van der Waals surface area (Å²) in [6, 6.07) is 8.98. The molecular formula is C18H16N4O3S3. The van der Waals surface area contributed by atoms with Crippen LogP contribution in [-0.2, 0) is 11.3 Å². The Morgan fingerprint density at radius 2 is 2.21 bits per heavy atom. The Labute approximate surface area is 173 Å². The molecule has 0 saturated carbocycles.